The van der Waals surface area contributed by atoms with E-state index in [0.29, 0.717) is 13.2 Å². The second-order valence-corrected chi connectivity index (χ2v) is 4.17. The summed E-state index contributed by atoms with van der Waals surface area (Å²) in [5, 5.41) is 2.93. The van der Waals surface area contributed by atoms with Crippen molar-refractivity contribution >= 4 is 5.97 Å². The fraction of sp³-hybridized carbons (Fsp3) is 0.900. The molecule has 0 spiro atoms. The van der Waals surface area contributed by atoms with Gasteiger partial charge in [0, 0.05) is 26.1 Å². The first-order valence-corrected chi connectivity index (χ1v) is 5.29. The number of hydrogen-bond donors (Lipinski definition) is 1. The van der Waals surface area contributed by atoms with Crippen molar-refractivity contribution in [2.75, 3.05) is 32.9 Å². The zero-order valence-corrected chi connectivity index (χ0v) is 8.85. The molecule has 0 unspecified atom stereocenters. The highest BCUT2D eigenvalue weighted by molar-refractivity contribution is 5.80. The molecule has 2 aliphatic rings. The molecule has 2 atom stereocenters. The van der Waals surface area contributed by atoms with E-state index in [9.17, 15) is 9.18 Å². The summed E-state index contributed by atoms with van der Waals surface area (Å²) >= 11 is 0. The number of hydrogen-bond acceptors (Lipinski definition) is 4. The molecule has 0 bridgehead atoms. The number of fused-ring (bicyclic) bond motifs is 1. The maximum Gasteiger partial charge on any atom is 0.319 e. The monoisotopic (exact) mass is 217 g/mol. The molecule has 2 fully saturated rings. The predicted molar refractivity (Wildman–Crippen MR) is 51.2 cm³/mol. The average Bonchev–Trinajstić information content (AvgIpc) is 2.56. The van der Waals surface area contributed by atoms with Crippen LogP contribution in [-0.4, -0.2) is 44.5 Å². The number of esters is 1. The summed E-state index contributed by atoms with van der Waals surface area (Å²) < 4.78 is 24.7. The van der Waals surface area contributed by atoms with E-state index in [1.807, 2.05) is 0 Å². The van der Waals surface area contributed by atoms with E-state index in [-0.39, 0.29) is 26.2 Å². The first-order chi connectivity index (χ1) is 7.15. The lowest BCUT2D eigenvalue weighted by Gasteiger charge is -2.40. The molecule has 0 aromatic rings. The van der Waals surface area contributed by atoms with Gasteiger partial charge in [0.2, 0.25) is 0 Å². The molecular formula is C10H16FNO3. The second kappa shape index (κ2) is 3.72. The highest BCUT2D eigenvalue weighted by Gasteiger charge is 2.63. The van der Waals surface area contributed by atoms with Crippen LogP contribution in [0.15, 0.2) is 0 Å². The summed E-state index contributed by atoms with van der Waals surface area (Å²) in [7, 11) is 0. The summed E-state index contributed by atoms with van der Waals surface area (Å²) in [6.07, 6.45) is 0.263. The zero-order chi connectivity index (χ0) is 10.9. The van der Waals surface area contributed by atoms with E-state index in [4.69, 9.17) is 9.47 Å². The van der Waals surface area contributed by atoms with Crippen LogP contribution in [0.25, 0.3) is 0 Å². The summed E-state index contributed by atoms with van der Waals surface area (Å²) in [6, 6.07) is 0. The van der Waals surface area contributed by atoms with Gasteiger partial charge in [0.25, 0.3) is 0 Å². The maximum atomic E-state index is 14.5. The van der Waals surface area contributed by atoms with Gasteiger partial charge in [0.1, 0.15) is 11.1 Å². The van der Waals surface area contributed by atoms with Crippen molar-refractivity contribution in [1.82, 2.24) is 5.32 Å². The van der Waals surface area contributed by atoms with Gasteiger partial charge in [-0.3, -0.25) is 4.79 Å². The molecule has 0 aromatic heterocycles. The Morgan fingerprint density at radius 1 is 1.60 bits per heavy atom. The van der Waals surface area contributed by atoms with Crippen LogP contribution in [-0.2, 0) is 14.3 Å². The lowest BCUT2D eigenvalue weighted by atomic mass is 9.73. The first-order valence-electron chi connectivity index (χ1n) is 5.29. The zero-order valence-electron chi connectivity index (χ0n) is 8.85. The third-order valence-corrected chi connectivity index (χ3v) is 3.35. The Balaban J connectivity index is 2.25. The molecule has 86 valence electrons. The van der Waals surface area contributed by atoms with Gasteiger partial charge in [-0.05, 0) is 6.92 Å². The standard InChI is InChI=1S/C10H16FNO3/c1-2-15-8(13)9-5-12-6-10(9,11)3-4-14-7-9/h12H,2-7H2,1H3/t9-,10+/m1/s1. The Morgan fingerprint density at radius 2 is 2.40 bits per heavy atom. The fourth-order valence-electron chi connectivity index (χ4n) is 2.37. The topological polar surface area (TPSA) is 47.6 Å². The van der Waals surface area contributed by atoms with E-state index < -0.39 is 17.1 Å². The molecular weight excluding hydrogens is 201 g/mol. The van der Waals surface area contributed by atoms with E-state index in [2.05, 4.69) is 5.32 Å². The van der Waals surface area contributed by atoms with Crippen LogP contribution in [0.1, 0.15) is 13.3 Å². The highest BCUT2D eigenvalue weighted by atomic mass is 19.1. The van der Waals surface area contributed by atoms with E-state index in [1.165, 1.54) is 0 Å². The molecule has 2 rings (SSSR count). The van der Waals surface area contributed by atoms with Crippen molar-refractivity contribution in [2.24, 2.45) is 5.41 Å². The van der Waals surface area contributed by atoms with Gasteiger partial charge >= 0.3 is 5.97 Å². The average molecular weight is 217 g/mol. The smallest absolute Gasteiger partial charge is 0.319 e. The summed E-state index contributed by atoms with van der Waals surface area (Å²) in [6.45, 7) is 3.02. The Kier molecular flexibility index (Phi) is 2.68. The minimum atomic E-state index is -1.50. The fourth-order valence-corrected chi connectivity index (χ4v) is 2.37. The molecule has 5 heteroatoms. The number of carbonyl (C=O) groups excluding carboxylic acids is 1. The van der Waals surface area contributed by atoms with E-state index >= 15 is 0 Å². The molecule has 15 heavy (non-hydrogen) atoms. The molecule has 0 saturated carbocycles. The maximum absolute atomic E-state index is 14.5. The van der Waals surface area contributed by atoms with Crippen molar-refractivity contribution in [2.45, 2.75) is 19.0 Å². The van der Waals surface area contributed by atoms with Crippen LogP contribution in [0.5, 0.6) is 0 Å². The summed E-state index contributed by atoms with van der Waals surface area (Å²) in [5.74, 6) is -0.475. The quantitative estimate of drug-likeness (QED) is 0.674. The third-order valence-electron chi connectivity index (χ3n) is 3.35. The van der Waals surface area contributed by atoms with Gasteiger partial charge in [0.05, 0.1) is 13.2 Å². The SMILES string of the molecule is CCOC(=O)[C@]12CNC[C@@]1(F)CCOC2. The van der Waals surface area contributed by atoms with Crippen molar-refractivity contribution in [1.29, 1.82) is 0 Å². The Labute approximate surface area is 88.1 Å². The number of nitrogens with one attached hydrogen (secondary N) is 1. The Bertz CT molecular complexity index is 273. The molecule has 2 saturated heterocycles. The highest BCUT2D eigenvalue weighted by Crippen LogP contribution is 2.45. The molecule has 1 N–H and O–H groups in total. The van der Waals surface area contributed by atoms with Crippen molar-refractivity contribution in [3.8, 4) is 0 Å². The Morgan fingerprint density at radius 3 is 3.13 bits per heavy atom. The molecule has 0 radical (unpaired) electrons. The Hall–Kier alpha value is -0.680. The van der Waals surface area contributed by atoms with E-state index in [0.717, 1.165) is 0 Å². The molecule has 0 aromatic carbocycles. The van der Waals surface area contributed by atoms with Gasteiger partial charge < -0.3 is 14.8 Å². The van der Waals surface area contributed by atoms with Crippen LogP contribution < -0.4 is 5.32 Å². The molecule has 0 amide bonds. The molecule has 2 aliphatic heterocycles. The largest absolute Gasteiger partial charge is 0.465 e. The van der Waals surface area contributed by atoms with Crippen molar-refractivity contribution < 1.29 is 18.7 Å². The van der Waals surface area contributed by atoms with Gasteiger partial charge in [-0.15, -0.1) is 0 Å². The lowest BCUT2D eigenvalue weighted by molar-refractivity contribution is -0.178. The van der Waals surface area contributed by atoms with Crippen molar-refractivity contribution in [3.05, 3.63) is 0 Å². The van der Waals surface area contributed by atoms with Crippen LogP contribution in [0.2, 0.25) is 0 Å². The number of carbonyl (C=O) groups is 1. The van der Waals surface area contributed by atoms with Gasteiger partial charge in [-0.2, -0.15) is 0 Å². The molecule has 0 aliphatic carbocycles. The predicted octanol–water partition coefficient (Wildman–Crippen LogP) is 0.268. The van der Waals surface area contributed by atoms with Crippen LogP contribution >= 0.6 is 0 Å². The van der Waals surface area contributed by atoms with Gasteiger partial charge in [-0.1, -0.05) is 0 Å². The molecule has 4 nitrogen and oxygen atoms in total. The third kappa shape index (κ3) is 1.45. The second-order valence-electron chi connectivity index (χ2n) is 4.17. The molecule has 2 heterocycles. The van der Waals surface area contributed by atoms with E-state index in [1.54, 1.807) is 6.92 Å². The minimum Gasteiger partial charge on any atom is -0.465 e. The first kappa shape index (κ1) is 10.8. The number of rotatable bonds is 2. The lowest BCUT2D eigenvalue weighted by Crippen LogP contribution is -2.56. The number of alkyl halides is 1. The van der Waals surface area contributed by atoms with Gasteiger partial charge in [0.15, 0.2) is 0 Å². The number of halogens is 1. The summed E-state index contributed by atoms with van der Waals surface area (Å²) in [4.78, 5) is 11.8. The summed E-state index contributed by atoms with van der Waals surface area (Å²) in [5.41, 5.74) is -2.63. The number of ether oxygens (including phenoxy) is 2. The van der Waals surface area contributed by atoms with Crippen LogP contribution in [0, 0.1) is 5.41 Å². The van der Waals surface area contributed by atoms with Crippen LogP contribution in [0.3, 0.4) is 0 Å². The van der Waals surface area contributed by atoms with Gasteiger partial charge in [-0.25, -0.2) is 4.39 Å². The minimum absolute atomic E-state index is 0.120. The normalized spacial score (nSPS) is 39.9. The van der Waals surface area contributed by atoms with Crippen molar-refractivity contribution in [3.63, 3.8) is 0 Å². The van der Waals surface area contributed by atoms with Crippen LogP contribution in [0.4, 0.5) is 4.39 Å².